The van der Waals surface area contributed by atoms with Crippen molar-refractivity contribution in [1.82, 2.24) is 0 Å². The topological polar surface area (TPSA) is 68.7 Å². The van der Waals surface area contributed by atoms with E-state index >= 15 is 0 Å². The monoisotopic (exact) mass is 278 g/mol. The summed E-state index contributed by atoms with van der Waals surface area (Å²) in [4.78, 5) is 13.2. The second-order valence-electron chi connectivity index (χ2n) is 4.32. The van der Waals surface area contributed by atoms with Gasteiger partial charge in [0.1, 0.15) is 11.6 Å². The number of rotatable bonds is 4. The molecule has 0 aliphatic rings. The highest BCUT2D eigenvalue weighted by Crippen LogP contribution is 2.26. The van der Waals surface area contributed by atoms with Crippen molar-refractivity contribution in [2.75, 3.05) is 24.8 Å². The van der Waals surface area contributed by atoms with Crippen molar-refractivity contribution in [3.05, 3.63) is 47.7 Å². The van der Waals surface area contributed by atoms with E-state index in [1.54, 1.807) is 30.3 Å². The Kier molecular flexibility index (Phi) is 3.93. The van der Waals surface area contributed by atoms with Crippen molar-refractivity contribution in [1.29, 1.82) is 0 Å². The fourth-order valence-corrected chi connectivity index (χ4v) is 1.88. The highest BCUT2D eigenvalue weighted by molar-refractivity contribution is 5.96. The maximum atomic E-state index is 14.0. The predicted octanol–water partition coefficient (Wildman–Crippen LogP) is 2.42. The molecular weight excluding hydrogens is 263 g/mol. The number of nitrogen functional groups attached to an aromatic ring is 1. The van der Waals surface area contributed by atoms with E-state index in [2.05, 4.69) is 4.74 Å². The van der Waals surface area contributed by atoms with E-state index in [1.807, 2.05) is 0 Å². The maximum absolute atomic E-state index is 14.0. The van der Waals surface area contributed by atoms with Crippen molar-refractivity contribution in [3.8, 4) is 0 Å². The van der Waals surface area contributed by atoms with E-state index in [9.17, 15) is 9.18 Å². The van der Waals surface area contributed by atoms with Gasteiger partial charge >= 0.3 is 5.97 Å². The molecule has 2 rings (SSSR count). The molecule has 2 aromatic rings. The van der Waals surface area contributed by atoms with E-state index < -0.39 is 11.8 Å². The first kappa shape index (κ1) is 13.9. The van der Waals surface area contributed by atoms with Crippen LogP contribution in [0.25, 0.3) is 0 Å². The lowest BCUT2D eigenvalue weighted by Gasteiger charge is -2.20. The van der Waals surface area contributed by atoms with Gasteiger partial charge < -0.3 is 19.8 Å². The minimum absolute atomic E-state index is 0.0458. The summed E-state index contributed by atoms with van der Waals surface area (Å²) in [5.41, 5.74) is 6.05. The molecule has 0 fully saturated rings. The molecule has 2 N–H and O–H groups in total. The van der Waals surface area contributed by atoms with E-state index in [1.165, 1.54) is 13.2 Å². The van der Waals surface area contributed by atoms with Gasteiger partial charge in [-0.25, -0.2) is 9.18 Å². The average molecular weight is 278 g/mol. The molecule has 1 aromatic carbocycles. The number of benzene rings is 1. The normalized spacial score (nSPS) is 10.3. The van der Waals surface area contributed by atoms with Gasteiger partial charge in [0.25, 0.3) is 0 Å². The Hall–Kier alpha value is -2.50. The van der Waals surface area contributed by atoms with Gasteiger partial charge in [-0.15, -0.1) is 0 Å². The molecule has 0 aliphatic carbocycles. The molecule has 0 radical (unpaired) electrons. The lowest BCUT2D eigenvalue weighted by atomic mass is 10.1. The van der Waals surface area contributed by atoms with Gasteiger partial charge in [-0.05, 0) is 24.3 Å². The van der Waals surface area contributed by atoms with E-state index in [-0.39, 0.29) is 16.9 Å². The van der Waals surface area contributed by atoms with Crippen LogP contribution in [0.2, 0.25) is 0 Å². The molecule has 0 bridgehead atoms. The van der Waals surface area contributed by atoms with Crippen LogP contribution in [0, 0.1) is 5.82 Å². The zero-order chi connectivity index (χ0) is 14.7. The summed E-state index contributed by atoms with van der Waals surface area (Å²) in [5, 5.41) is 0. The third-order valence-electron chi connectivity index (χ3n) is 2.91. The molecule has 0 amide bonds. The molecule has 106 valence electrons. The van der Waals surface area contributed by atoms with Crippen LogP contribution in [0.5, 0.6) is 0 Å². The maximum Gasteiger partial charge on any atom is 0.340 e. The van der Waals surface area contributed by atoms with Crippen LogP contribution in [0.3, 0.4) is 0 Å². The van der Waals surface area contributed by atoms with Crippen molar-refractivity contribution >= 4 is 17.3 Å². The standard InChI is InChI=1S/C14H15FN2O3/c1-17(8-9-4-3-5-20-9)13-6-10(14(18)19-2)12(16)7-11(13)15/h3-7H,8,16H2,1-2H3. The minimum Gasteiger partial charge on any atom is -0.467 e. The SMILES string of the molecule is COC(=O)c1cc(N(C)Cc2ccco2)c(F)cc1N. The second kappa shape index (κ2) is 5.64. The summed E-state index contributed by atoms with van der Waals surface area (Å²) in [7, 11) is 2.94. The van der Waals surface area contributed by atoms with Crippen LogP contribution in [-0.2, 0) is 11.3 Å². The Morgan fingerprint density at radius 2 is 2.25 bits per heavy atom. The Morgan fingerprint density at radius 1 is 1.50 bits per heavy atom. The number of halogens is 1. The molecule has 0 saturated carbocycles. The van der Waals surface area contributed by atoms with Crippen LogP contribution in [0.15, 0.2) is 34.9 Å². The molecule has 0 saturated heterocycles. The summed E-state index contributed by atoms with van der Waals surface area (Å²) in [6, 6.07) is 6.02. The zero-order valence-corrected chi connectivity index (χ0v) is 11.2. The van der Waals surface area contributed by atoms with Gasteiger partial charge in [0.05, 0.1) is 31.2 Å². The van der Waals surface area contributed by atoms with Crippen molar-refractivity contribution in [2.24, 2.45) is 0 Å². The number of methoxy groups -OCH3 is 1. The van der Waals surface area contributed by atoms with Crippen molar-refractivity contribution < 1.29 is 18.3 Å². The highest BCUT2D eigenvalue weighted by atomic mass is 19.1. The number of nitrogens with zero attached hydrogens (tertiary/aromatic N) is 1. The Bertz CT molecular complexity index is 611. The van der Waals surface area contributed by atoms with Gasteiger partial charge in [0.2, 0.25) is 0 Å². The molecule has 0 atom stereocenters. The zero-order valence-electron chi connectivity index (χ0n) is 11.2. The van der Waals surface area contributed by atoms with Crippen LogP contribution >= 0.6 is 0 Å². The lowest BCUT2D eigenvalue weighted by molar-refractivity contribution is 0.0602. The fourth-order valence-electron chi connectivity index (χ4n) is 1.88. The molecule has 20 heavy (non-hydrogen) atoms. The summed E-state index contributed by atoms with van der Waals surface area (Å²) >= 11 is 0. The molecule has 0 aliphatic heterocycles. The number of anilines is 2. The van der Waals surface area contributed by atoms with Gasteiger partial charge in [-0.3, -0.25) is 0 Å². The Balaban J connectivity index is 2.33. The smallest absolute Gasteiger partial charge is 0.340 e. The lowest BCUT2D eigenvalue weighted by Crippen LogP contribution is -2.19. The highest BCUT2D eigenvalue weighted by Gasteiger charge is 2.17. The van der Waals surface area contributed by atoms with E-state index in [4.69, 9.17) is 10.2 Å². The third kappa shape index (κ3) is 2.74. The molecule has 1 aromatic heterocycles. The number of esters is 1. The minimum atomic E-state index is -0.602. The van der Waals surface area contributed by atoms with Gasteiger partial charge in [0.15, 0.2) is 0 Å². The molecule has 1 heterocycles. The number of ether oxygens (including phenoxy) is 1. The van der Waals surface area contributed by atoms with E-state index in [0.29, 0.717) is 12.3 Å². The number of furan rings is 1. The van der Waals surface area contributed by atoms with Gasteiger partial charge in [-0.2, -0.15) is 0 Å². The number of nitrogens with two attached hydrogens (primary N) is 1. The summed E-state index contributed by atoms with van der Waals surface area (Å²) < 4.78 is 23.8. The van der Waals surface area contributed by atoms with Crippen LogP contribution in [0.4, 0.5) is 15.8 Å². The second-order valence-corrected chi connectivity index (χ2v) is 4.32. The van der Waals surface area contributed by atoms with E-state index in [0.717, 1.165) is 6.07 Å². The average Bonchev–Trinajstić information content (AvgIpc) is 2.90. The Labute approximate surface area is 115 Å². The predicted molar refractivity (Wildman–Crippen MR) is 73.0 cm³/mol. The molecule has 6 heteroatoms. The molecule has 0 spiro atoms. The quantitative estimate of drug-likeness (QED) is 0.687. The number of carbonyl (C=O) groups excluding carboxylic acids is 1. The summed E-state index contributed by atoms with van der Waals surface area (Å²) in [6.45, 7) is 0.369. The van der Waals surface area contributed by atoms with Gasteiger partial charge in [0, 0.05) is 12.7 Å². The number of hydrogen-bond donors (Lipinski definition) is 1. The number of carbonyl (C=O) groups is 1. The summed E-state index contributed by atoms with van der Waals surface area (Å²) in [5.74, 6) is -0.428. The molecular formula is C14H15FN2O3. The summed E-state index contributed by atoms with van der Waals surface area (Å²) in [6.07, 6.45) is 1.54. The van der Waals surface area contributed by atoms with Crippen LogP contribution in [0.1, 0.15) is 16.1 Å². The first-order valence-electron chi connectivity index (χ1n) is 5.93. The van der Waals surface area contributed by atoms with Crippen molar-refractivity contribution in [2.45, 2.75) is 6.54 Å². The molecule has 0 unspecified atom stereocenters. The largest absolute Gasteiger partial charge is 0.467 e. The Morgan fingerprint density at radius 3 is 2.85 bits per heavy atom. The fraction of sp³-hybridized carbons (Fsp3) is 0.214. The number of hydrogen-bond acceptors (Lipinski definition) is 5. The van der Waals surface area contributed by atoms with Crippen molar-refractivity contribution in [3.63, 3.8) is 0 Å². The first-order valence-corrected chi connectivity index (χ1v) is 5.93. The van der Waals surface area contributed by atoms with Gasteiger partial charge in [-0.1, -0.05) is 0 Å². The molecule has 5 nitrogen and oxygen atoms in total. The van der Waals surface area contributed by atoms with Crippen LogP contribution < -0.4 is 10.6 Å². The first-order chi connectivity index (χ1) is 9.52. The van der Waals surface area contributed by atoms with Crippen LogP contribution in [-0.4, -0.2) is 20.1 Å². The third-order valence-corrected chi connectivity index (χ3v) is 2.91.